The van der Waals surface area contributed by atoms with E-state index < -0.39 is 11.4 Å². The summed E-state index contributed by atoms with van der Waals surface area (Å²) in [4.78, 5) is 22.0. The summed E-state index contributed by atoms with van der Waals surface area (Å²) in [6.07, 6.45) is 13.8. The van der Waals surface area contributed by atoms with Crippen molar-refractivity contribution in [2.24, 2.45) is 11.3 Å². The summed E-state index contributed by atoms with van der Waals surface area (Å²) >= 11 is 0. The lowest BCUT2D eigenvalue weighted by Gasteiger charge is -2.26. The van der Waals surface area contributed by atoms with Crippen LogP contribution in [-0.4, -0.2) is 22.5 Å². The number of hydrogen-bond acceptors (Lipinski definition) is 6. The Hall–Kier alpha value is -3.72. The lowest BCUT2D eigenvalue weighted by molar-refractivity contribution is -0.144. The first kappa shape index (κ1) is 30.8. The van der Waals surface area contributed by atoms with Crippen molar-refractivity contribution >= 4 is 5.97 Å². The maximum atomic E-state index is 12.9. The number of rotatable bonds is 16. The molecule has 2 atom stereocenters. The normalized spacial score (nSPS) is 13.2. The Labute approximate surface area is 239 Å². The zero-order valence-corrected chi connectivity index (χ0v) is 24.5. The molecule has 0 aliphatic carbocycles. The minimum absolute atomic E-state index is 0.0891. The van der Waals surface area contributed by atoms with Gasteiger partial charge in [-0.15, -0.1) is 0 Å². The molecule has 0 radical (unpaired) electrons. The van der Waals surface area contributed by atoms with Crippen LogP contribution in [0.1, 0.15) is 85.5 Å². The zero-order chi connectivity index (χ0) is 28.8. The number of nitriles is 1. The molecular formula is C34H43N3O3. The van der Waals surface area contributed by atoms with Gasteiger partial charge in [0.05, 0.1) is 12.7 Å². The third kappa shape index (κ3) is 8.64. The van der Waals surface area contributed by atoms with Crippen molar-refractivity contribution in [3.8, 4) is 40.1 Å². The van der Waals surface area contributed by atoms with Gasteiger partial charge in [0.15, 0.2) is 11.2 Å². The second-order valence-corrected chi connectivity index (χ2v) is 10.7. The first-order valence-corrected chi connectivity index (χ1v) is 14.7. The van der Waals surface area contributed by atoms with E-state index in [0.717, 1.165) is 54.7 Å². The van der Waals surface area contributed by atoms with Gasteiger partial charge in [0.1, 0.15) is 11.5 Å². The van der Waals surface area contributed by atoms with Crippen molar-refractivity contribution in [3.05, 3.63) is 60.9 Å². The fraction of sp³-hybridized carbons (Fsp3) is 0.471. The molecule has 0 amide bonds. The standard InChI is InChI=1S/C34H43N3O3/c1-5-7-9-10-11-12-22-39-30-18-16-28(17-19-30)32-36-23-29(24-37-32)27-14-20-31(21-15-27)40-33(38)34(4,25-35)26(3)13-8-6-2/h14-21,23-24,26H,5-13,22H2,1-4H3/t26-,34+/m1/s1. The second kappa shape index (κ2) is 15.8. The molecule has 6 nitrogen and oxygen atoms in total. The van der Waals surface area contributed by atoms with Gasteiger partial charge in [0.25, 0.3) is 0 Å². The summed E-state index contributed by atoms with van der Waals surface area (Å²) in [5, 5.41) is 9.72. The average molecular weight is 542 g/mol. The third-order valence-electron chi connectivity index (χ3n) is 7.56. The van der Waals surface area contributed by atoms with Crippen molar-refractivity contribution in [1.82, 2.24) is 9.97 Å². The van der Waals surface area contributed by atoms with E-state index in [2.05, 4.69) is 29.9 Å². The SMILES string of the molecule is CCCCCCCCOc1ccc(-c2ncc(-c3ccc(OC(=O)[C@@](C)(C#N)[C@H](C)CCCC)cc3)cn2)cc1. The highest BCUT2D eigenvalue weighted by atomic mass is 16.5. The Kier molecular flexibility index (Phi) is 12.1. The molecule has 0 bridgehead atoms. The van der Waals surface area contributed by atoms with Crippen LogP contribution in [0.15, 0.2) is 60.9 Å². The van der Waals surface area contributed by atoms with Crippen LogP contribution in [0.3, 0.4) is 0 Å². The minimum Gasteiger partial charge on any atom is -0.494 e. The first-order valence-electron chi connectivity index (χ1n) is 14.7. The summed E-state index contributed by atoms with van der Waals surface area (Å²) in [7, 11) is 0. The maximum absolute atomic E-state index is 12.9. The molecule has 0 N–H and O–H groups in total. The van der Waals surface area contributed by atoms with Crippen LogP contribution >= 0.6 is 0 Å². The number of unbranched alkanes of at least 4 members (excludes halogenated alkanes) is 6. The number of aromatic nitrogens is 2. The van der Waals surface area contributed by atoms with Gasteiger partial charge in [0, 0.05) is 23.5 Å². The predicted octanol–water partition coefficient (Wildman–Crippen LogP) is 8.81. The highest BCUT2D eigenvalue weighted by Crippen LogP contribution is 2.33. The summed E-state index contributed by atoms with van der Waals surface area (Å²) < 4.78 is 11.5. The van der Waals surface area contributed by atoms with Crippen LogP contribution < -0.4 is 9.47 Å². The highest BCUT2D eigenvalue weighted by Gasteiger charge is 2.40. The molecule has 2 aromatic carbocycles. The Morgan fingerprint density at radius 2 is 1.40 bits per heavy atom. The van der Waals surface area contributed by atoms with Crippen LogP contribution in [0, 0.1) is 22.7 Å². The van der Waals surface area contributed by atoms with Gasteiger partial charge in [-0.3, -0.25) is 0 Å². The fourth-order valence-electron chi connectivity index (χ4n) is 4.48. The molecule has 0 aliphatic heterocycles. The number of hydrogen-bond donors (Lipinski definition) is 0. The molecule has 1 heterocycles. The van der Waals surface area contributed by atoms with Gasteiger partial charge in [-0.25, -0.2) is 14.8 Å². The van der Waals surface area contributed by atoms with E-state index in [1.54, 1.807) is 31.5 Å². The maximum Gasteiger partial charge on any atom is 0.331 e. The van der Waals surface area contributed by atoms with Gasteiger partial charge in [-0.05, 0) is 67.6 Å². The van der Waals surface area contributed by atoms with Crippen LogP contribution in [0.25, 0.3) is 22.5 Å². The van der Waals surface area contributed by atoms with Gasteiger partial charge in [-0.2, -0.15) is 5.26 Å². The Bertz CT molecular complexity index is 1220. The number of ether oxygens (including phenoxy) is 2. The largest absolute Gasteiger partial charge is 0.494 e. The fourth-order valence-corrected chi connectivity index (χ4v) is 4.48. The molecule has 0 aliphatic rings. The molecule has 0 fully saturated rings. The molecular weight excluding hydrogens is 498 g/mol. The minimum atomic E-state index is -1.18. The number of carbonyl (C=O) groups excluding carboxylic acids is 1. The molecule has 6 heteroatoms. The second-order valence-electron chi connectivity index (χ2n) is 10.7. The summed E-state index contributed by atoms with van der Waals surface area (Å²) in [6, 6.07) is 17.3. The van der Waals surface area contributed by atoms with E-state index in [-0.39, 0.29) is 5.92 Å². The average Bonchev–Trinajstić information content (AvgIpc) is 2.99. The predicted molar refractivity (Wildman–Crippen MR) is 160 cm³/mol. The van der Waals surface area contributed by atoms with Gasteiger partial charge in [0.2, 0.25) is 0 Å². The number of esters is 1. The summed E-state index contributed by atoms with van der Waals surface area (Å²) in [5.41, 5.74) is 1.50. The van der Waals surface area contributed by atoms with Crippen molar-refractivity contribution in [2.75, 3.05) is 6.61 Å². The van der Waals surface area contributed by atoms with Gasteiger partial charge < -0.3 is 9.47 Å². The van der Waals surface area contributed by atoms with Gasteiger partial charge in [-0.1, -0.05) is 77.8 Å². The molecule has 3 rings (SSSR count). The monoisotopic (exact) mass is 541 g/mol. The van der Waals surface area contributed by atoms with Crippen LogP contribution in [-0.2, 0) is 4.79 Å². The number of benzene rings is 2. The highest BCUT2D eigenvalue weighted by molar-refractivity contribution is 5.82. The van der Waals surface area contributed by atoms with Gasteiger partial charge >= 0.3 is 5.97 Å². The lowest BCUT2D eigenvalue weighted by atomic mass is 9.77. The van der Waals surface area contributed by atoms with E-state index in [1.165, 1.54) is 32.1 Å². The van der Waals surface area contributed by atoms with Crippen molar-refractivity contribution < 1.29 is 14.3 Å². The van der Waals surface area contributed by atoms with E-state index >= 15 is 0 Å². The van der Waals surface area contributed by atoms with Crippen LogP contribution in [0.4, 0.5) is 0 Å². The molecule has 3 aromatic rings. The molecule has 40 heavy (non-hydrogen) atoms. The van der Waals surface area contributed by atoms with E-state index in [1.807, 2.05) is 43.3 Å². The first-order chi connectivity index (χ1) is 19.4. The van der Waals surface area contributed by atoms with Crippen molar-refractivity contribution in [3.63, 3.8) is 0 Å². The summed E-state index contributed by atoms with van der Waals surface area (Å²) in [6.45, 7) is 8.67. The molecule has 0 spiro atoms. The van der Waals surface area contributed by atoms with Crippen LogP contribution in [0.2, 0.25) is 0 Å². The molecule has 0 saturated carbocycles. The Morgan fingerprint density at radius 1 is 0.825 bits per heavy atom. The number of nitrogens with zero attached hydrogens (tertiary/aromatic N) is 3. The lowest BCUT2D eigenvalue weighted by Crippen LogP contribution is -2.36. The molecule has 1 aromatic heterocycles. The number of carbonyl (C=O) groups is 1. The zero-order valence-electron chi connectivity index (χ0n) is 24.5. The third-order valence-corrected chi connectivity index (χ3v) is 7.56. The molecule has 212 valence electrons. The summed E-state index contributed by atoms with van der Waals surface area (Å²) in [5.74, 6) is 1.31. The van der Waals surface area contributed by atoms with Crippen LogP contribution in [0.5, 0.6) is 11.5 Å². The smallest absolute Gasteiger partial charge is 0.331 e. The molecule has 0 saturated heterocycles. The molecule has 0 unspecified atom stereocenters. The Balaban J connectivity index is 1.54. The van der Waals surface area contributed by atoms with Crippen molar-refractivity contribution in [1.29, 1.82) is 5.26 Å². The topological polar surface area (TPSA) is 85.1 Å². The quantitative estimate of drug-likeness (QED) is 0.102. The van der Waals surface area contributed by atoms with Crippen molar-refractivity contribution in [2.45, 2.75) is 85.5 Å². The Morgan fingerprint density at radius 3 is 2.02 bits per heavy atom. The van der Waals surface area contributed by atoms with E-state index in [4.69, 9.17) is 9.47 Å². The van der Waals surface area contributed by atoms with E-state index in [9.17, 15) is 10.1 Å². The van der Waals surface area contributed by atoms with E-state index in [0.29, 0.717) is 11.6 Å².